The lowest BCUT2D eigenvalue weighted by Gasteiger charge is -2.11. The molecule has 0 aliphatic carbocycles. The smallest absolute Gasteiger partial charge is 0.288 e. The Morgan fingerprint density at radius 3 is 2.77 bits per heavy atom. The summed E-state index contributed by atoms with van der Waals surface area (Å²) < 4.78 is 26.4. The van der Waals surface area contributed by atoms with Crippen LogP contribution >= 0.6 is 11.8 Å². The average Bonchev–Trinajstić information content (AvgIpc) is 2.59. The SMILES string of the molecule is Cc1cccc2c(=O)n(CC(=O)Nc3ccccc3SC(F)F)cnc12. The van der Waals surface area contributed by atoms with Crippen molar-refractivity contribution in [1.29, 1.82) is 0 Å². The Kier molecular flexibility index (Phi) is 5.32. The zero-order chi connectivity index (χ0) is 18.7. The van der Waals surface area contributed by atoms with Crippen LogP contribution in [0.4, 0.5) is 14.5 Å². The largest absolute Gasteiger partial charge is 0.324 e. The van der Waals surface area contributed by atoms with Crippen molar-refractivity contribution in [3.63, 3.8) is 0 Å². The van der Waals surface area contributed by atoms with Gasteiger partial charge in [-0.2, -0.15) is 8.78 Å². The van der Waals surface area contributed by atoms with Crippen molar-refractivity contribution < 1.29 is 13.6 Å². The van der Waals surface area contributed by atoms with Gasteiger partial charge in [-0.3, -0.25) is 14.2 Å². The fraction of sp³-hybridized carbons (Fsp3) is 0.167. The number of thioether (sulfide) groups is 1. The lowest BCUT2D eigenvalue weighted by Crippen LogP contribution is -2.28. The van der Waals surface area contributed by atoms with E-state index in [9.17, 15) is 18.4 Å². The Morgan fingerprint density at radius 2 is 2.00 bits per heavy atom. The highest BCUT2D eigenvalue weighted by atomic mass is 32.2. The number of alkyl halides is 2. The van der Waals surface area contributed by atoms with Crippen LogP contribution in [0.25, 0.3) is 10.9 Å². The van der Waals surface area contributed by atoms with Crippen molar-refractivity contribution in [3.8, 4) is 0 Å². The van der Waals surface area contributed by atoms with E-state index in [0.29, 0.717) is 22.7 Å². The summed E-state index contributed by atoms with van der Waals surface area (Å²) in [5, 5.41) is 3.00. The number of hydrogen-bond donors (Lipinski definition) is 1. The molecular formula is C18H15F2N3O2S. The van der Waals surface area contributed by atoms with Gasteiger partial charge >= 0.3 is 0 Å². The minimum Gasteiger partial charge on any atom is -0.324 e. The van der Waals surface area contributed by atoms with Gasteiger partial charge in [-0.25, -0.2) is 4.98 Å². The molecule has 0 radical (unpaired) electrons. The number of carbonyl (C=O) groups excluding carboxylic acids is 1. The summed E-state index contributed by atoms with van der Waals surface area (Å²) in [6, 6.07) is 11.5. The first-order chi connectivity index (χ1) is 12.5. The lowest BCUT2D eigenvalue weighted by atomic mass is 10.1. The molecule has 1 aromatic heterocycles. The molecule has 5 nitrogen and oxygen atoms in total. The van der Waals surface area contributed by atoms with E-state index >= 15 is 0 Å². The number of fused-ring (bicyclic) bond motifs is 1. The third-order valence-corrected chi connectivity index (χ3v) is 4.53. The molecule has 0 bridgehead atoms. The second kappa shape index (κ2) is 7.65. The maximum Gasteiger partial charge on any atom is 0.288 e. The highest BCUT2D eigenvalue weighted by molar-refractivity contribution is 7.99. The molecule has 2 aromatic carbocycles. The third kappa shape index (κ3) is 3.91. The highest BCUT2D eigenvalue weighted by Crippen LogP contribution is 2.31. The van der Waals surface area contributed by atoms with Gasteiger partial charge < -0.3 is 5.32 Å². The van der Waals surface area contributed by atoms with E-state index in [4.69, 9.17) is 0 Å². The second-order valence-electron chi connectivity index (χ2n) is 5.57. The highest BCUT2D eigenvalue weighted by Gasteiger charge is 2.13. The van der Waals surface area contributed by atoms with Crippen LogP contribution in [0.15, 0.2) is 58.5 Å². The minimum absolute atomic E-state index is 0.260. The molecule has 0 aliphatic heterocycles. The molecule has 0 aliphatic rings. The summed E-state index contributed by atoms with van der Waals surface area (Å²) in [5.41, 5.74) is 1.41. The molecule has 1 heterocycles. The Morgan fingerprint density at radius 1 is 1.23 bits per heavy atom. The Balaban J connectivity index is 1.82. The lowest BCUT2D eigenvalue weighted by molar-refractivity contribution is -0.116. The van der Waals surface area contributed by atoms with Gasteiger partial charge in [-0.05, 0) is 30.7 Å². The fourth-order valence-electron chi connectivity index (χ4n) is 2.56. The number of benzene rings is 2. The Hall–Kier alpha value is -2.74. The monoisotopic (exact) mass is 375 g/mol. The van der Waals surface area contributed by atoms with E-state index in [2.05, 4.69) is 10.3 Å². The Labute approximate surface area is 152 Å². The molecule has 3 aromatic rings. The van der Waals surface area contributed by atoms with Gasteiger partial charge in [0.15, 0.2) is 0 Å². The number of aromatic nitrogens is 2. The predicted octanol–water partition coefficient (Wildman–Crippen LogP) is 3.66. The van der Waals surface area contributed by atoms with Gasteiger partial charge in [0, 0.05) is 4.90 Å². The molecule has 0 unspecified atom stereocenters. The van der Waals surface area contributed by atoms with E-state index in [1.54, 1.807) is 24.3 Å². The van der Waals surface area contributed by atoms with Crippen LogP contribution in [0.3, 0.4) is 0 Å². The normalized spacial score (nSPS) is 11.1. The number of para-hydroxylation sites is 2. The summed E-state index contributed by atoms with van der Waals surface area (Å²) >= 11 is 0.351. The maximum absolute atomic E-state index is 12.6. The molecule has 0 atom stereocenters. The number of carbonyl (C=O) groups is 1. The van der Waals surface area contributed by atoms with Gasteiger partial charge in [0.1, 0.15) is 6.54 Å². The zero-order valence-corrected chi connectivity index (χ0v) is 14.6. The standard InChI is InChI=1S/C18H15F2N3O2S/c1-11-5-4-6-12-16(11)21-10-23(17(12)25)9-15(24)22-13-7-2-3-8-14(13)26-18(19)20/h2-8,10,18H,9H2,1H3,(H,22,24). The average molecular weight is 375 g/mol. The topological polar surface area (TPSA) is 64.0 Å². The molecule has 0 saturated carbocycles. The second-order valence-corrected chi connectivity index (χ2v) is 6.60. The zero-order valence-electron chi connectivity index (χ0n) is 13.8. The quantitative estimate of drug-likeness (QED) is 0.692. The van der Waals surface area contributed by atoms with Gasteiger partial charge in [-0.1, -0.05) is 36.0 Å². The number of aryl methyl sites for hydroxylation is 1. The van der Waals surface area contributed by atoms with E-state index in [1.165, 1.54) is 23.0 Å². The summed E-state index contributed by atoms with van der Waals surface area (Å²) in [6.45, 7) is 1.59. The third-order valence-electron chi connectivity index (χ3n) is 3.75. The van der Waals surface area contributed by atoms with Crippen molar-refractivity contribution in [1.82, 2.24) is 9.55 Å². The summed E-state index contributed by atoms with van der Waals surface area (Å²) in [4.78, 5) is 29.3. The van der Waals surface area contributed by atoms with E-state index < -0.39 is 11.7 Å². The van der Waals surface area contributed by atoms with Gasteiger partial charge in [-0.15, -0.1) is 0 Å². The molecule has 1 amide bonds. The van der Waals surface area contributed by atoms with Crippen molar-refractivity contribution in [2.24, 2.45) is 0 Å². The molecule has 26 heavy (non-hydrogen) atoms. The van der Waals surface area contributed by atoms with Crippen LogP contribution in [0, 0.1) is 6.92 Å². The van der Waals surface area contributed by atoms with Crippen LogP contribution in [0.5, 0.6) is 0 Å². The first-order valence-corrected chi connectivity index (χ1v) is 8.62. The molecule has 134 valence electrons. The number of amides is 1. The summed E-state index contributed by atoms with van der Waals surface area (Å²) in [5.74, 6) is -3.09. The van der Waals surface area contributed by atoms with Crippen LogP contribution < -0.4 is 10.9 Å². The molecule has 1 N–H and O–H groups in total. The summed E-state index contributed by atoms with van der Waals surface area (Å²) in [7, 11) is 0. The first-order valence-electron chi connectivity index (χ1n) is 7.74. The number of nitrogens with one attached hydrogen (secondary N) is 1. The van der Waals surface area contributed by atoms with Gasteiger partial charge in [0.25, 0.3) is 11.3 Å². The van der Waals surface area contributed by atoms with E-state index in [1.807, 2.05) is 13.0 Å². The van der Waals surface area contributed by atoms with Crippen LogP contribution in [-0.2, 0) is 11.3 Å². The predicted molar refractivity (Wildman–Crippen MR) is 97.7 cm³/mol. The van der Waals surface area contributed by atoms with Crippen LogP contribution in [0.1, 0.15) is 5.56 Å². The number of halogens is 2. The van der Waals surface area contributed by atoms with Crippen LogP contribution in [-0.4, -0.2) is 21.2 Å². The minimum atomic E-state index is -2.59. The molecular weight excluding hydrogens is 360 g/mol. The molecule has 0 saturated heterocycles. The fourth-order valence-corrected chi connectivity index (χ4v) is 3.16. The molecule has 0 spiro atoms. The van der Waals surface area contributed by atoms with E-state index in [-0.39, 0.29) is 22.7 Å². The van der Waals surface area contributed by atoms with Gasteiger partial charge in [0.05, 0.1) is 22.9 Å². The van der Waals surface area contributed by atoms with Gasteiger partial charge in [0.2, 0.25) is 5.91 Å². The number of anilines is 1. The van der Waals surface area contributed by atoms with Crippen molar-refractivity contribution in [3.05, 3.63) is 64.7 Å². The van der Waals surface area contributed by atoms with Crippen molar-refractivity contribution >= 4 is 34.3 Å². The Bertz CT molecular complexity index is 1020. The first kappa shape index (κ1) is 18.1. The van der Waals surface area contributed by atoms with E-state index in [0.717, 1.165) is 5.56 Å². The maximum atomic E-state index is 12.6. The molecule has 8 heteroatoms. The van der Waals surface area contributed by atoms with Crippen molar-refractivity contribution in [2.75, 3.05) is 5.32 Å². The number of nitrogens with zero attached hydrogens (tertiary/aromatic N) is 2. The van der Waals surface area contributed by atoms with Crippen molar-refractivity contribution in [2.45, 2.75) is 24.1 Å². The summed E-state index contributed by atoms with van der Waals surface area (Å²) in [6.07, 6.45) is 1.32. The molecule has 3 rings (SSSR count). The number of rotatable bonds is 5. The molecule has 0 fully saturated rings. The van der Waals surface area contributed by atoms with Crippen LogP contribution in [0.2, 0.25) is 0 Å². The number of hydrogen-bond acceptors (Lipinski definition) is 4.